The van der Waals surface area contributed by atoms with E-state index in [0.717, 1.165) is 17.4 Å². The van der Waals surface area contributed by atoms with Crippen molar-refractivity contribution in [2.24, 2.45) is 5.41 Å². The van der Waals surface area contributed by atoms with E-state index in [0.29, 0.717) is 6.04 Å². The van der Waals surface area contributed by atoms with E-state index in [1.54, 1.807) is 0 Å². The van der Waals surface area contributed by atoms with Crippen molar-refractivity contribution in [3.8, 4) is 6.07 Å². The summed E-state index contributed by atoms with van der Waals surface area (Å²) in [4.78, 5) is 0. The van der Waals surface area contributed by atoms with Gasteiger partial charge in [0, 0.05) is 10.5 Å². The minimum absolute atomic E-state index is 0.244. The molecule has 3 heteroatoms. The van der Waals surface area contributed by atoms with Crippen molar-refractivity contribution < 1.29 is 0 Å². The summed E-state index contributed by atoms with van der Waals surface area (Å²) in [7, 11) is 0. The van der Waals surface area contributed by atoms with Crippen molar-refractivity contribution in [3.05, 3.63) is 34.3 Å². The first-order chi connectivity index (χ1) is 7.94. The predicted octanol–water partition coefficient (Wildman–Crippen LogP) is 4.04. The number of hydrogen-bond acceptors (Lipinski definition) is 2. The lowest BCUT2D eigenvalue weighted by atomic mass is 9.91. The Morgan fingerprint density at radius 1 is 1.35 bits per heavy atom. The van der Waals surface area contributed by atoms with Gasteiger partial charge < -0.3 is 5.32 Å². The summed E-state index contributed by atoms with van der Waals surface area (Å²) in [5.41, 5.74) is 1.02. The van der Waals surface area contributed by atoms with Crippen LogP contribution < -0.4 is 5.32 Å². The summed E-state index contributed by atoms with van der Waals surface area (Å²) in [6, 6.07) is 10.9. The van der Waals surface area contributed by atoms with Gasteiger partial charge in [0.25, 0.3) is 0 Å². The fraction of sp³-hybridized carbons (Fsp3) is 0.500. The third kappa shape index (κ3) is 4.89. The third-order valence-corrected chi connectivity index (χ3v) is 3.40. The molecule has 1 N–H and O–H groups in total. The molecule has 0 radical (unpaired) electrons. The second-order valence-electron chi connectivity index (χ2n) is 4.97. The zero-order chi connectivity index (χ0) is 12.9. The zero-order valence-electron chi connectivity index (χ0n) is 10.6. The van der Waals surface area contributed by atoms with Crippen LogP contribution in [-0.4, -0.2) is 6.54 Å². The van der Waals surface area contributed by atoms with Gasteiger partial charge in [-0.15, -0.1) is 0 Å². The van der Waals surface area contributed by atoms with Crippen LogP contribution >= 0.6 is 15.9 Å². The first-order valence-corrected chi connectivity index (χ1v) is 6.64. The molecule has 2 nitrogen and oxygen atoms in total. The Bertz CT molecular complexity index is 390. The topological polar surface area (TPSA) is 35.8 Å². The van der Waals surface area contributed by atoms with Gasteiger partial charge in [-0.1, -0.05) is 28.1 Å². The number of nitriles is 1. The van der Waals surface area contributed by atoms with Crippen molar-refractivity contribution in [2.75, 3.05) is 6.54 Å². The van der Waals surface area contributed by atoms with E-state index in [-0.39, 0.29) is 5.41 Å². The van der Waals surface area contributed by atoms with Crippen molar-refractivity contribution in [3.63, 3.8) is 0 Å². The lowest BCUT2D eigenvalue weighted by Gasteiger charge is -2.19. The first-order valence-electron chi connectivity index (χ1n) is 5.85. The molecule has 0 fully saturated rings. The number of nitrogens with one attached hydrogen (secondary N) is 1. The minimum Gasteiger partial charge on any atom is -0.310 e. The van der Waals surface area contributed by atoms with E-state index in [1.807, 2.05) is 26.0 Å². The maximum atomic E-state index is 8.92. The Morgan fingerprint density at radius 3 is 2.47 bits per heavy atom. The second-order valence-corrected chi connectivity index (χ2v) is 5.89. The number of rotatable bonds is 5. The van der Waals surface area contributed by atoms with Crippen LogP contribution in [0.25, 0.3) is 0 Å². The number of halogens is 1. The third-order valence-electron chi connectivity index (χ3n) is 2.87. The number of nitrogens with zero attached hydrogens (tertiary/aromatic N) is 1. The lowest BCUT2D eigenvalue weighted by molar-refractivity contribution is 0.416. The molecule has 1 atom stereocenters. The fourth-order valence-electron chi connectivity index (χ4n) is 1.53. The molecule has 0 aromatic heterocycles. The van der Waals surface area contributed by atoms with Crippen molar-refractivity contribution >= 4 is 15.9 Å². The smallest absolute Gasteiger partial charge is 0.0684 e. The van der Waals surface area contributed by atoms with Crippen LogP contribution in [0.2, 0.25) is 0 Å². The molecule has 92 valence electrons. The maximum absolute atomic E-state index is 8.92. The van der Waals surface area contributed by atoms with Crippen molar-refractivity contribution in [2.45, 2.75) is 33.2 Å². The fourth-order valence-corrected chi connectivity index (χ4v) is 1.79. The van der Waals surface area contributed by atoms with Crippen LogP contribution in [0.3, 0.4) is 0 Å². The molecule has 0 aliphatic rings. The van der Waals surface area contributed by atoms with E-state index in [4.69, 9.17) is 5.26 Å². The van der Waals surface area contributed by atoms with Crippen molar-refractivity contribution in [1.29, 1.82) is 5.26 Å². The molecule has 1 rings (SSSR count). The van der Waals surface area contributed by atoms with Gasteiger partial charge >= 0.3 is 0 Å². The van der Waals surface area contributed by atoms with E-state index >= 15 is 0 Å². The van der Waals surface area contributed by atoms with Gasteiger partial charge in [0.15, 0.2) is 0 Å². The van der Waals surface area contributed by atoms with Gasteiger partial charge in [0.1, 0.15) is 0 Å². The van der Waals surface area contributed by atoms with E-state index in [2.05, 4.69) is 46.4 Å². The van der Waals surface area contributed by atoms with Crippen LogP contribution in [0, 0.1) is 16.7 Å². The Labute approximate surface area is 112 Å². The lowest BCUT2D eigenvalue weighted by Crippen LogP contribution is -2.24. The van der Waals surface area contributed by atoms with Gasteiger partial charge in [-0.25, -0.2) is 0 Å². The summed E-state index contributed by atoms with van der Waals surface area (Å²) in [6.45, 7) is 6.94. The highest BCUT2D eigenvalue weighted by Crippen LogP contribution is 2.19. The van der Waals surface area contributed by atoms with Gasteiger partial charge in [-0.05, 0) is 51.4 Å². The molecule has 0 saturated carbocycles. The van der Waals surface area contributed by atoms with Gasteiger partial charge in [-0.3, -0.25) is 0 Å². The molecule has 0 spiro atoms. The molecule has 0 unspecified atom stereocenters. The first kappa shape index (κ1) is 14.2. The largest absolute Gasteiger partial charge is 0.310 e. The number of benzene rings is 1. The average Bonchev–Trinajstić information content (AvgIpc) is 2.29. The van der Waals surface area contributed by atoms with Gasteiger partial charge in [-0.2, -0.15) is 5.26 Å². The highest BCUT2D eigenvalue weighted by atomic mass is 79.9. The molecule has 0 aliphatic carbocycles. The van der Waals surface area contributed by atoms with Crippen LogP contribution in [0.15, 0.2) is 28.7 Å². The molecule has 17 heavy (non-hydrogen) atoms. The monoisotopic (exact) mass is 294 g/mol. The molecule has 1 aromatic carbocycles. The summed E-state index contributed by atoms with van der Waals surface area (Å²) in [5, 5.41) is 12.4. The molecule has 0 aliphatic heterocycles. The highest BCUT2D eigenvalue weighted by molar-refractivity contribution is 9.10. The Balaban J connectivity index is 2.43. The Kier molecular flexibility index (Phi) is 5.17. The standard InChI is InChI=1S/C14H19BrN2/c1-11(12-4-6-13(15)7-5-12)17-9-8-14(2,3)10-16/h4-7,11,17H,8-9H2,1-3H3/t11-/m0/s1. The molecule has 1 aromatic rings. The van der Waals surface area contributed by atoms with E-state index in [9.17, 15) is 0 Å². The molecular formula is C14H19BrN2. The molecule has 0 saturated heterocycles. The molecule has 0 bridgehead atoms. The number of hydrogen-bond donors (Lipinski definition) is 1. The van der Waals surface area contributed by atoms with E-state index in [1.165, 1.54) is 5.56 Å². The summed E-state index contributed by atoms with van der Waals surface area (Å²) < 4.78 is 1.10. The summed E-state index contributed by atoms with van der Waals surface area (Å²) in [6.07, 6.45) is 0.865. The van der Waals surface area contributed by atoms with E-state index < -0.39 is 0 Å². The van der Waals surface area contributed by atoms with Gasteiger partial charge in [0.05, 0.1) is 11.5 Å². The van der Waals surface area contributed by atoms with Crippen LogP contribution in [0.5, 0.6) is 0 Å². The summed E-state index contributed by atoms with van der Waals surface area (Å²) >= 11 is 3.43. The van der Waals surface area contributed by atoms with Crippen LogP contribution in [0.4, 0.5) is 0 Å². The predicted molar refractivity (Wildman–Crippen MR) is 74.6 cm³/mol. The van der Waals surface area contributed by atoms with Gasteiger partial charge in [0.2, 0.25) is 0 Å². The highest BCUT2D eigenvalue weighted by Gasteiger charge is 2.16. The molecule has 0 amide bonds. The zero-order valence-corrected chi connectivity index (χ0v) is 12.2. The average molecular weight is 295 g/mol. The minimum atomic E-state index is -0.244. The van der Waals surface area contributed by atoms with Crippen LogP contribution in [0.1, 0.15) is 38.8 Å². The maximum Gasteiger partial charge on any atom is 0.0684 e. The normalized spacial score (nSPS) is 13.1. The summed E-state index contributed by atoms with van der Waals surface area (Å²) in [5.74, 6) is 0. The quantitative estimate of drug-likeness (QED) is 0.890. The second kappa shape index (κ2) is 6.18. The SMILES string of the molecule is C[C@H](NCCC(C)(C)C#N)c1ccc(Br)cc1. The Hall–Kier alpha value is -0.850. The molecular weight excluding hydrogens is 276 g/mol. The van der Waals surface area contributed by atoms with Crippen LogP contribution in [-0.2, 0) is 0 Å². The molecule has 0 heterocycles. The Morgan fingerprint density at radius 2 is 1.94 bits per heavy atom. The van der Waals surface area contributed by atoms with Crippen molar-refractivity contribution in [1.82, 2.24) is 5.32 Å².